The molecule has 0 aromatic heterocycles. The van der Waals surface area contributed by atoms with Crippen LogP contribution in [0.3, 0.4) is 0 Å². The van der Waals surface area contributed by atoms with Crippen molar-refractivity contribution in [2.75, 3.05) is 33.2 Å². The number of carbonyl (C=O) groups is 1. The quantitative estimate of drug-likeness (QED) is 0.636. The highest BCUT2D eigenvalue weighted by Gasteiger charge is 2.17. The lowest BCUT2D eigenvalue weighted by Crippen LogP contribution is -2.47. The first-order valence-electron chi connectivity index (χ1n) is 5.70. The largest absolute Gasteiger partial charge is 0.340 e. The van der Waals surface area contributed by atoms with Gasteiger partial charge in [0.05, 0.1) is 0 Å². The molecule has 1 amide bonds. The average Bonchev–Trinajstić information content (AvgIpc) is 2.19. The molecule has 82 valence electrons. The third-order valence-electron chi connectivity index (χ3n) is 2.85. The van der Waals surface area contributed by atoms with Crippen molar-refractivity contribution >= 4 is 5.91 Å². The SMILES string of the molecule is CCCCCC(=O)N1CCN(C)CC1. The van der Waals surface area contributed by atoms with Crippen LogP contribution in [-0.4, -0.2) is 48.9 Å². The zero-order chi connectivity index (χ0) is 10.4. The van der Waals surface area contributed by atoms with Gasteiger partial charge in [-0.2, -0.15) is 0 Å². The van der Waals surface area contributed by atoms with Crippen molar-refractivity contribution in [3.8, 4) is 0 Å². The second-order valence-corrected chi connectivity index (χ2v) is 4.14. The highest BCUT2D eigenvalue weighted by Crippen LogP contribution is 2.06. The summed E-state index contributed by atoms with van der Waals surface area (Å²) in [5, 5.41) is 0. The summed E-state index contributed by atoms with van der Waals surface area (Å²) in [6, 6.07) is 0. The van der Waals surface area contributed by atoms with E-state index < -0.39 is 0 Å². The van der Waals surface area contributed by atoms with E-state index >= 15 is 0 Å². The van der Waals surface area contributed by atoms with Gasteiger partial charge in [0.1, 0.15) is 0 Å². The first-order chi connectivity index (χ1) is 6.74. The summed E-state index contributed by atoms with van der Waals surface area (Å²) >= 11 is 0. The lowest BCUT2D eigenvalue weighted by molar-refractivity contribution is -0.132. The predicted molar refractivity (Wildman–Crippen MR) is 58.2 cm³/mol. The minimum Gasteiger partial charge on any atom is -0.340 e. The maximum Gasteiger partial charge on any atom is 0.222 e. The molecule has 0 bridgehead atoms. The van der Waals surface area contributed by atoms with Crippen LogP contribution in [0.1, 0.15) is 32.6 Å². The summed E-state index contributed by atoms with van der Waals surface area (Å²) in [6.45, 7) is 6.06. The number of unbranched alkanes of at least 4 members (excludes halogenated alkanes) is 2. The molecule has 14 heavy (non-hydrogen) atoms. The summed E-state index contributed by atoms with van der Waals surface area (Å²) < 4.78 is 0. The summed E-state index contributed by atoms with van der Waals surface area (Å²) in [6.07, 6.45) is 4.18. The van der Waals surface area contributed by atoms with Gasteiger partial charge in [-0.3, -0.25) is 4.79 Å². The van der Waals surface area contributed by atoms with Crippen LogP contribution in [0.2, 0.25) is 0 Å². The molecule has 1 aliphatic rings. The van der Waals surface area contributed by atoms with Gasteiger partial charge in [0.25, 0.3) is 0 Å². The van der Waals surface area contributed by atoms with Crippen molar-refractivity contribution in [3.63, 3.8) is 0 Å². The Bertz CT molecular complexity index is 174. The van der Waals surface area contributed by atoms with Crippen molar-refractivity contribution in [2.45, 2.75) is 32.6 Å². The molecule has 1 fully saturated rings. The van der Waals surface area contributed by atoms with E-state index in [1.165, 1.54) is 12.8 Å². The molecule has 3 heteroatoms. The van der Waals surface area contributed by atoms with E-state index in [1.54, 1.807) is 0 Å². The average molecular weight is 198 g/mol. The molecule has 1 heterocycles. The molecule has 0 N–H and O–H groups in total. The molecular formula is C11H22N2O. The summed E-state index contributed by atoms with van der Waals surface area (Å²) in [5.74, 6) is 0.353. The topological polar surface area (TPSA) is 23.6 Å². The summed E-state index contributed by atoms with van der Waals surface area (Å²) in [5.41, 5.74) is 0. The maximum atomic E-state index is 11.7. The Hall–Kier alpha value is -0.570. The lowest BCUT2D eigenvalue weighted by atomic mass is 10.2. The van der Waals surface area contributed by atoms with Gasteiger partial charge in [-0.1, -0.05) is 19.8 Å². The van der Waals surface area contributed by atoms with Crippen molar-refractivity contribution in [1.29, 1.82) is 0 Å². The van der Waals surface area contributed by atoms with Gasteiger partial charge in [0.15, 0.2) is 0 Å². The number of nitrogens with zero attached hydrogens (tertiary/aromatic N) is 2. The van der Waals surface area contributed by atoms with E-state index in [0.717, 1.165) is 39.0 Å². The Morgan fingerprint density at radius 1 is 1.14 bits per heavy atom. The third-order valence-corrected chi connectivity index (χ3v) is 2.85. The first-order valence-corrected chi connectivity index (χ1v) is 5.70. The fraction of sp³-hybridized carbons (Fsp3) is 0.909. The zero-order valence-electron chi connectivity index (χ0n) is 9.46. The zero-order valence-corrected chi connectivity index (χ0v) is 9.46. The van der Waals surface area contributed by atoms with Gasteiger partial charge in [-0.05, 0) is 13.5 Å². The Morgan fingerprint density at radius 2 is 1.79 bits per heavy atom. The highest BCUT2D eigenvalue weighted by molar-refractivity contribution is 5.76. The van der Waals surface area contributed by atoms with Crippen LogP contribution in [0.5, 0.6) is 0 Å². The van der Waals surface area contributed by atoms with Crippen molar-refractivity contribution in [1.82, 2.24) is 9.80 Å². The predicted octanol–water partition coefficient (Wildman–Crippen LogP) is 1.34. The van der Waals surface area contributed by atoms with Gasteiger partial charge in [-0.15, -0.1) is 0 Å². The number of hydrogen-bond acceptors (Lipinski definition) is 2. The van der Waals surface area contributed by atoms with E-state index in [9.17, 15) is 4.79 Å². The molecule has 0 radical (unpaired) electrons. The van der Waals surface area contributed by atoms with E-state index in [4.69, 9.17) is 0 Å². The lowest BCUT2D eigenvalue weighted by Gasteiger charge is -2.32. The standard InChI is InChI=1S/C11H22N2O/c1-3-4-5-6-11(14)13-9-7-12(2)8-10-13/h3-10H2,1-2H3. The Morgan fingerprint density at radius 3 is 2.36 bits per heavy atom. The fourth-order valence-corrected chi connectivity index (χ4v) is 1.74. The number of amides is 1. The monoisotopic (exact) mass is 198 g/mol. The van der Waals surface area contributed by atoms with Gasteiger partial charge in [-0.25, -0.2) is 0 Å². The molecule has 0 atom stereocenters. The number of hydrogen-bond donors (Lipinski definition) is 0. The molecule has 0 saturated carbocycles. The van der Waals surface area contributed by atoms with Crippen LogP contribution in [0.25, 0.3) is 0 Å². The Balaban J connectivity index is 2.17. The summed E-state index contributed by atoms with van der Waals surface area (Å²) in [7, 11) is 2.11. The molecular weight excluding hydrogens is 176 g/mol. The second kappa shape index (κ2) is 6.02. The van der Waals surface area contributed by atoms with Gasteiger partial charge >= 0.3 is 0 Å². The van der Waals surface area contributed by atoms with Crippen molar-refractivity contribution in [2.24, 2.45) is 0 Å². The van der Waals surface area contributed by atoms with E-state index in [2.05, 4.69) is 18.9 Å². The molecule has 0 unspecified atom stereocenters. The van der Waals surface area contributed by atoms with Crippen LogP contribution in [-0.2, 0) is 4.79 Å². The first kappa shape index (κ1) is 11.5. The van der Waals surface area contributed by atoms with Gasteiger partial charge in [0, 0.05) is 32.6 Å². The van der Waals surface area contributed by atoms with E-state index in [0.29, 0.717) is 5.91 Å². The normalized spacial score (nSPS) is 18.6. The fourth-order valence-electron chi connectivity index (χ4n) is 1.74. The molecule has 1 saturated heterocycles. The van der Waals surface area contributed by atoms with Crippen LogP contribution in [0.15, 0.2) is 0 Å². The van der Waals surface area contributed by atoms with Crippen molar-refractivity contribution in [3.05, 3.63) is 0 Å². The second-order valence-electron chi connectivity index (χ2n) is 4.14. The molecule has 1 aliphatic heterocycles. The third kappa shape index (κ3) is 3.66. The van der Waals surface area contributed by atoms with Crippen LogP contribution in [0, 0.1) is 0 Å². The summed E-state index contributed by atoms with van der Waals surface area (Å²) in [4.78, 5) is 16.0. The van der Waals surface area contributed by atoms with Crippen LogP contribution in [0.4, 0.5) is 0 Å². The van der Waals surface area contributed by atoms with Gasteiger partial charge in [0.2, 0.25) is 5.91 Å². The molecule has 0 aromatic carbocycles. The van der Waals surface area contributed by atoms with E-state index in [1.807, 2.05) is 4.90 Å². The molecule has 0 spiro atoms. The Kier molecular flexibility index (Phi) is 4.94. The van der Waals surface area contributed by atoms with Crippen molar-refractivity contribution < 1.29 is 4.79 Å². The minimum atomic E-state index is 0.353. The number of piperazine rings is 1. The number of likely N-dealkylation sites (N-methyl/N-ethyl adjacent to an activating group) is 1. The number of rotatable bonds is 4. The molecule has 0 aliphatic carbocycles. The minimum absolute atomic E-state index is 0.353. The van der Waals surface area contributed by atoms with E-state index in [-0.39, 0.29) is 0 Å². The maximum absolute atomic E-state index is 11.7. The molecule has 0 aromatic rings. The molecule has 3 nitrogen and oxygen atoms in total. The smallest absolute Gasteiger partial charge is 0.222 e. The van der Waals surface area contributed by atoms with Crippen LogP contribution < -0.4 is 0 Å². The Labute approximate surface area is 87.1 Å². The molecule has 1 rings (SSSR count). The van der Waals surface area contributed by atoms with Crippen LogP contribution >= 0.6 is 0 Å². The van der Waals surface area contributed by atoms with Gasteiger partial charge < -0.3 is 9.80 Å². The highest BCUT2D eigenvalue weighted by atomic mass is 16.2. The number of carbonyl (C=O) groups excluding carboxylic acids is 1.